The lowest BCUT2D eigenvalue weighted by atomic mass is 9.95. The Labute approximate surface area is 163 Å². The van der Waals surface area contributed by atoms with Gasteiger partial charge in [0, 0.05) is 19.0 Å². The summed E-state index contributed by atoms with van der Waals surface area (Å²) in [6.07, 6.45) is 1.69. The van der Waals surface area contributed by atoms with E-state index in [1.54, 1.807) is 18.2 Å². The van der Waals surface area contributed by atoms with Gasteiger partial charge in [0.05, 0.1) is 22.2 Å². The van der Waals surface area contributed by atoms with Gasteiger partial charge in [-0.05, 0) is 30.5 Å². The summed E-state index contributed by atoms with van der Waals surface area (Å²) in [4.78, 5) is 26.7. The molecule has 4 nitrogen and oxygen atoms in total. The molecule has 3 rings (SSSR count). The van der Waals surface area contributed by atoms with E-state index in [1.165, 1.54) is 0 Å². The van der Waals surface area contributed by atoms with E-state index >= 15 is 0 Å². The van der Waals surface area contributed by atoms with Crippen molar-refractivity contribution >= 4 is 40.7 Å². The molecule has 1 aliphatic heterocycles. The number of hydrogen-bond donors (Lipinski definition) is 1. The summed E-state index contributed by atoms with van der Waals surface area (Å²) in [5.41, 5.74) is 1.53. The molecule has 26 heavy (non-hydrogen) atoms. The minimum atomic E-state index is -0.133. The second-order valence-corrected chi connectivity index (χ2v) is 7.19. The van der Waals surface area contributed by atoms with E-state index in [2.05, 4.69) is 5.32 Å². The number of halogens is 2. The number of likely N-dealkylation sites (tertiary alicyclic amines) is 1. The van der Waals surface area contributed by atoms with E-state index < -0.39 is 0 Å². The molecule has 0 radical (unpaired) electrons. The monoisotopic (exact) mass is 390 g/mol. The molecule has 2 aromatic rings. The Morgan fingerprint density at radius 3 is 2.38 bits per heavy atom. The Kier molecular flexibility index (Phi) is 6.17. The summed E-state index contributed by atoms with van der Waals surface area (Å²) in [6.45, 7) is 1.18. The molecule has 0 atom stereocenters. The number of hydrogen-bond acceptors (Lipinski definition) is 2. The molecule has 0 saturated carbocycles. The normalized spacial score (nSPS) is 14.9. The molecule has 1 N–H and O–H groups in total. The zero-order valence-electron chi connectivity index (χ0n) is 14.3. The van der Waals surface area contributed by atoms with Crippen LogP contribution in [0.15, 0.2) is 48.5 Å². The van der Waals surface area contributed by atoms with Gasteiger partial charge in [0.25, 0.3) is 0 Å². The third-order valence-electron chi connectivity index (χ3n) is 4.63. The molecule has 0 aromatic heterocycles. The molecular weight excluding hydrogens is 371 g/mol. The Hall–Kier alpha value is -2.04. The number of rotatable bonds is 4. The molecule has 136 valence electrons. The van der Waals surface area contributed by atoms with Crippen LogP contribution in [0.25, 0.3) is 0 Å². The van der Waals surface area contributed by atoms with Gasteiger partial charge in [-0.3, -0.25) is 9.59 Å². The van der Waals surface area contributed by atoms with Crippen LogP contribution >= 0.6 is 23.2 Å². The topological polar surface area (TPSA) is 49.4 Å². The Bertz CT molecular complexity index is 788. The van der Waals surface area contributed by atoms with Crippen molar-refractivity contribution in [3.05, 3.63) is 64.1 Å². The van der Waals surface area contributed by atoms with Crippen LogP contribution in [-0.4, -0.2) is 29.8 Å². The average molecular weight is 391 g/mol. The minimum absolute atomic E-state index is 0.0793. The van der Waals surface area contributed by atoms with Gasteiger partial charge in [-0.1, -0.05) is 59.6 Å². The van der Waals surface area contributed by atoms with Crippen molar-refractivity contribution in [3.63, 3.8) is 0 Å². The summed E-state index contributed by atoms with van der Waals surface area (Å²) in [7, 11) is 0. The number of carbonyl (C=O) groups excluding carboxylic acids is 2. The zero-order chi connectivity index (χ0) is 18.5. The van der Waals surface area contributed by atoms with Gasteiger partial charge in [-0.2, -0.15) is 0 Å². The number of benzene rings is 2. The third-order valence-corrected chi connectivity index (χ3v) is 5.44. The third kappa shape index (κ3) is 4.57. The van der Waals surface area contributed by atoms with Crippen LogP contribution in [0.3, 0.4) is 0 Å². The van der Waals surface area contributed by atoms with Gasteiger partial charge < -0.3 is 10.2 Å². The highest BCUT2D eigenvalue weighted by Crippen LogP contribution is 2.30. The maximum Gasteiger partial charge on any atom is 0.227 e. The molecule has 1 heterocycles. The van der Waals surface area contributed by atoms with Crippen LogP contribution < -0.4 is 5.32 Å². The van der Waals surface area contributed by atoms with Crippen LogP contribution in [0.5, 0.6) is 0 Å². The number of amides is 2. The van der Waals surface area contributed by atoms with E-state index in [1.807, 2.05) is 35.2 Å². The first-order valence-corrected chi connectivity index (χ1v) is 9.37. The van der Waals surface area contributed by atoms with Crippen molar-refractivity contribution in [2.45, 2.75) is 19.3 Å². The largest absolute Gasteiger partial charge is 0.342 e. The van der Waals surface area contributed by atoms with E-state index in [9.17, 15) is 9.59 Å². The molecule has 2 amide bonds. The number of nitrogens with zero attached hydrogens (tertiary/aromatic N) is 1. The van der Waals surface area contributed by atoms with Crippen LogP contribution in [0.2, 0.25) is 10.0 Å². The first kappa shape index (κ1) is 18.7. The maximum absolute atomic E-state index is 12.5. The van der Waals surface area contributed by atoms with Crippen LogP contribution in [-0.2, 0) is 16.0 Å². The molecule has 0 spiro atoms. The highest BCUT2D eigenvalue weighted by atomic mass is 35.5. The maximum atomic E-state index is 12.5. The first-order chi connectivity index (χ1) is 12.5. The van der Waals surface area contributed by atoms with Crippen LogP contribution in [0, 0.1) is 5.92 Å². The summed E-state index contributed by atoms with van der Waals surface area (Å²) in [5.74, 6) is -0.108. The first-order valence-electron chi connectivity index (χ1n) is 8.61. The number of piperidine rings is 1. The molecule has 6 heteroatoms. The van der Waals surface area contributed by atoms with Crippen molar-refractivity contribution in [2.24, 2.45) is 5.92 Å². The van der Waals surface area contributed by atoms with E-state index in [0.29, 0.717) is 48.1 Å². The molecule has 2 aromatic carbocycles. The second-order valence-electron chi connectivity index (χ2n) is 6.41. The summed E-state index contributed by atoms with van der Waals surface area (Å²) < 4.78 is 0. The summed E-state index contributed by atoms with van der Waals surface area (Å²) in [5, 5.41) is 3.60. The van der Waals surface area contributed by atoms with Gasteiger partial charge in [0.2, 0.25) is 11.8 Å². The predicted molar refractivity (Wildman–Crippen MR) is 105 cm³/mol. The van der Waals surface area contributed by atoms with Crippen LogP contribution in [0.1, 0.15) is 18.4 Å². The van der Waals surface area contributed by atoms with Gasteiger partial charge in [-0.25, -0.2) is 0 Å². The van der Waals surface area contributed by atoms with Gasteiger partial charge >= 0.3 is 0 Å². The molecule has 0 bridgehead atoms. The van der Waals surface area contributed by atoms with Crippen molar-refractivity contribution in [1.29, 1.82) is 0 Å². The fourth-order valence-electron chi connectivity index (χ4n) is 3.11. The van der Waals surface area contributed by atoms with Gasteiger partial charge in [-0.15, -0.1) is 0 Å². The van der Waals surface area contributed by atoms with E-state index in [0.717, 1.165) is 5.56 Å². The molecule has 1 aliphatic rings. The van der Waals surface area contributed by atoms with Gasteiger partial charge in [0.1, 0.15) is 0 Å². The lowest BCUT2D eigenvalue weighted by Crippen LogP contribution is -2.42. The Morgan fingerprint density at radius 1 is 1.00 bits per heavy atom. The lowest BCUT2D eigenvalue weighted by molar-refractivity contribution is -0.133. The molecule has 0 aliphatic carbocycles. The second kappa shape index (κ2) is 8.56. The Balaban J connectivity index is 1.52. The van der Waals surface area contributed by atoms with E-state index in [4.69, 9.17) is 23.2 Å². The molecular formula is C20H20Cl2N2O2. The molecule has 1 saturated heterocycles. The predicted octanol–water partition coefficient (Wildman–Crippen LogP) is 4.41. The number of carbonyl (C=O) groups is 2. The number of nitrogens with one attached hydrogen (secondary N) is 1. The molecule has 1 fully saturated rings. The van der Waals surface area contributed by atoms with Crippen molar-refractivity contribution < 1.29 is 9.59 Å². The van der Waals surface area contributed by atoms with Crippen molar-refractivity contribution in [2.75, 3.05) is 18.4 Å². The standard InChI is InChI=1S/C20H20Cl2N2O2/c21-16-7-4-8-17(19(16)22)23-20(26)15-9-11-24(12-10-15)18(25)13-14-5-2-1-3-6-14/h1-8,15H,9-13H2,(H,23,26). The highest BCUT2D eigenvalue weighted by Gasteiger charge is 2.27. The lowest BCUT2D eigenvalue weighted by Gasteiger charge is -2.31. The van der Waals surface area contributed by atoms with E-state index in [-0.39, 0.29) is 17.7 Å². The zero-order valence-corrected chi connectivity index (χ0v) is 15.8. The minimum Gasteiger partial charge on any atom is -0.342 e. The highest BCUT2D eigenvalue weighted by molar-refractivity contribution is 6.44. The van der Waals surface area contributed by atoms with Crippen molar-refractivity contribution in [3.8, 4) is 0 Å². The Morgan fingerprint density at radius 2 is 1.69 bits per heavy atom. The summed E-state index contributed by atoms with van der Waals surface area (Å²) >= 11 is 12.1. The number of anilines is 1. The molecule has 0 unspecified atom stereocenters. The summed E-state index contributed by atoms with van der Waals surface area (Å²) in [6, 6.07) is 14.8. The van der Waals surface area contributed by atoms with Gasteiger partial charge in [0.15, 0.2) is 0 Å². The fourth-order valence-corrected chi connectivity index (χ4v) is 3.46. The average Bonchev–Trinajstić information content (AvgIpc) is 2.66. The quantitative estimate of drug-likeness (QED) is 0.839. The smallest absolute Gasteiger partial charge is 0.227 e. The van der Waals surface area contributed by atoms with Crippen molar-refractivity contribution in [1.82, 2.24) is 4.90 Å². The SMILES string of the molecule is O=C(Nc1cccc(Cl)c1Cl)C1CCN(C(=O)Cc2ccccc2)CC1. The van der Waals surface area contributed by atoms with Crippen LogP contribution in [0.4, 0.5) is 5.69 Å². The fraction of sp³-hybridized carbons (Fsp3) is 0.300.